The van der Waals surface area contributed by atoms with Crippen LogP contribution in [0.15, 0.2) is 134 Å². The molecule has 6 nitrogen and oxygen atoms in total. The van der Waals surface area contributed by atoms with Gasteiger partial charge in [-0.25, -0.2) is 0 Å². The van der Waals surface area contributed by atoms with E-state index in [9.17, 15) is 14.4 Å². The first kappa shape index (κ1) is 65.5. The van der Waals surface area contributed by atoms with E-state index in [0.29, 0.717) is 19.3 Å². The second-order valence-corrected chi connectivity index (χ2v) is 18.1. The third kappa shape index (κ3) is 54.5. The van der Waals surface area contributed by atoms with Gasteiger partial charge in [0.05, 0.1) is 0 Å². The molecule has 0 aromatic heterocycles. The average Bonchev–Trinajstić information content (AvgIpc) is 3.36. The summed E-state index contributed by atoms with van der Waals surface area (Å²) in [4.78, 5) is 38.1. The Morgan fingerprint density at radius 3 is 0.971 bits per heavy atom. The molecule has 70 heavy (non-hydrogen) atoms. The Bertz CT molecular complexity index is 1530. The molecule has 0 aliphatic heterocycles. The fourth-order valence-corrected chi connectivity index (χ4v) is 7.22. The Hall–Kier alpha value is -4.45. The Morgan fingerprint density at radius 1 is 0.300 bits per heavy atom. The normalized spacial score (nSPS) is 13.1. The SMILES string of the molecule is CC/C=C\C/C=C\C/C=C\C/C=C\C/C=C\C/C=C\CCCCCCC(=O)OCC(COC(=O)CC/C=C\C/C=C\C/C=C\C/C=C\CC)OC(=O)CCCCCCC/C=C\CCCCCCCCC. The van der Waals surface area contributed by atoms with Gasteiger partial charge in [-0.15, -0.1) is 0 Å². The number of rotatable bonds is 49. The lowest BCUT2D eigenvalue weighted by Crippen LogP contribution is -2.30. The average molecular weight is 968 g/mol. The van der Waals surface area contributed by atoms with Gasteiger partial charge in [0.15, 0.2) is 6.10 Å². The van der Waals surface area contributed by atoms with Crippen LogP contribution in [0.3, 0.4) is 0 Å². The van der Waals surface area contributed by atoms with Crippen LogP contribution >= 0.6 is 0 Å². The van der Waals surface area contributed by atoms with Crippen LogP contribution in [-0.2, 0) is 28.6 Å². The number of esters is 3. The number of allylic oxidation sites excluding steroid dienone is 22. The summed E-state index contributed by atoms with van der Waals surface area (Å²) >= 11 is 0. The van der Waals surface area contributed by atoms with Crippen LogP contribution in [-0.4, -0.2) is 37.2 Å². The van der Waals surface area contributed by atoms with Crippen molar-refractivity contribution >= 4 is 17.9 Å². The van der Waals surface area contributed by atoms with Gasteiger partial charge in [-0.1, -0.05) is 225 Å². The molecule has 0 saturated heterocycles. The smallest absolute Gasteiger partial charge is 0.306 e. The van der Waals surface area contributed by atoms with Crippen molar-refractivity contribution in [3.63, 3.8) is 0 Å². The molecule has 0 radical (unpaired) electrons. The summed E-state index contributed by atoms with van der Waals surface area (Å²) in [5, 5.41) is 0. The molecule has 1 atom stereocenters. The third-order valence-corrected chi connectivity index (χ3v) is 11.4. The Morgan fingerprint density at radius 2 is 0.586 bits per heavy atom. The van der Waals surface area contributed by atoms with E-state index in [-0.39, 0.29) is 37.5 Å². The van der Waals surface area contributed by atoms with Gasteiger partial charge in [-0.2, -0.15) is 0 Å². The summed E-state index contributed by atoms with van der Waals surface area (Å²) < 4.78 is 16.7. The molecule has 6 heteroatoms. The molecule has 0 aliphatic rings. The van der Waals surface area contributed by atoms with Crippen molar-refractivity contribution in [3.8, 4) is 0 Å². The van der Waals surface area contributed by atoms with Crippen molar-refractivity contribution in [2.24, 2.45) is 0 Å². The summed E-state index contributed by atoms with van der Waals surface area (Å²) in [6, 6.07) is 0. The van der Waals surface area contributed by atoms with Gasteiger partial charge < -0.3 is 14.2 Å². The lowest BCUT2D eigenvalue weighted by atomic mass is 10.1. The van der Waals surface area contributed by atoms with Gasteiger partial charge in [0.1, 0.15) is 13.2 Å². The highest BCUT2D eigenvalue weighted by molar-refractivity contribution is 5.71. The summed E-state index contributed by atoms with van der Waals surface area (Å²) in [7, 11) is 0. The molecule has 0 fully saturated rings. The number of carbonyl (C=O) groups excluding carboxylic acids is 3. The quantitative estimate of drug-likeness (QED) is 0.0262. The maximum atomic E-state index is 12.8. The highest BCUT2D eigenvalue weighted by atomic mass is 16.6. The Balaban J connectivity index is 4.50. The molecular weight excluding hydrogens is 865 g/mol. The van der Waals surface area contributed by atoms with E-state index < -0.39 is 6.10 Å². The molecule has 394 valence electrons. The van der Waals surface area contributed by atoms with Crippen LogP contribution in [0.25, 0.3) is 0 Å². The lowest BCUT2D eigenvalue weighted by Gasteiger charge is -2.18. The molecule has 0 aromatic rings. The van der Waals surface area contributed by atoms with E-state index >= 15 is 0 Å². The van der Waals surface area contributed by atoms with Gasteiger partial charge in [0.25, 0.3) is 0 Å². The highest BCUT2D eigenvalue weighted by Crippen LogP contribution is 2.13. The van der Waals surface area contributed by atoms with Crippen LogP contribution in [0.1, 0.15) is 233 Å². The lowest BCUT2D eigenvalue weighted by molar-refractivity contribution is -0.166. The predicted octanol–water partition coefficient (Wildman–Crippen LogP) is 19.0. The third-order valence-electron chi connectivity index (χ3n) is 11.4. The zero-order chi connectivity index (χ0) is 50.7. The van der Waals surface area contributed by atoms with Crippen LogP contribution in [0.4, 0.5) is 0 Å². The van der Waals surface area contributed by atoms with E-state index in [4.69, 9.17) is 14.2 Å². The number of hydrogen-bond acceptors (Lipinski definition) is 6. The topological polar surface area (TPSA) is 78.9 Å². The standard InChI is InChI=1S/C64H102O6/c1-4-7-10-13-16-19-22-25-27-29-30-31-32-33-34-35-37-39-42-45-48-51-54-57-63(66)69-60-61(59-68-62(65)56-53-50-47-44-41-38-24-21-18-15-12-9-6-3)70-64(67)58-55-52-49-46-43-40-36-28-26-23-20-17-14-11-8-5-2/h7,9-10,12,16,18-19,21,25,27-28,30-31,33-34,36-39,41,47,50,61H,4-6,8,11,13-15,17,20,22-24,26,29,32,35,40,42-46,48-49,51-60H2,1-3H3/b10-7-,12-9-,19-16-,21-18-,27-25-,31-30-,34-33-,36-28-,39-37-,41-38-,50-47-. The Labute approximate surface area is 430 Å². The molecule has 0 heterocycles. The van der Waals surface area contributed by atoms with Crippen LogP contribution in [0.5, 0.6) is 0 Å². The second kappa shape index (κ2) is 57.1. The van der Waals surface area contributed by atoms with Crippen LogP contribution in [0, 0.1) is 0 Å². The molecule has 0 rings (SSSR count). The zero-order valence-corrected chi connectivity index (χ0v) is 45.0. The van der Waals surface area contributed by atoms with Crippen molar-refractivity contribution in [2.45, 2.75) is 239 Å². The first-order valence-electron chi connectivity index (χ1n) is 28.2. The fraction of sp³-hybridized carbons (Fsp3) is 0.609. The molecule has 0 saturated carbocycles. The first-order chi connectivity index (χ1) is 34.5. The van der Waals surface area contributed by atoms with Gasteiger partial charge in [0, 0.05) is 19.3 Å². The largest absolute Gasteiger partial charge is 0.462 e. The van der Waals surface area contributed by atoms with Gasteiger partial charge in [-0.05, 0) is 122 Å². The Kier molecular flexibility index (Phi) is 53.5. The molecule has 0 aliphatic carbocycles. The van der Waals surface area contributed by atoms with E-state index in [1.54, 1.807) is 0 Å². The summed E-state index contributed by atoms with van der Waals surface area (Å²) in [6.07, 6.45) is 80.3. The van der Waals surface area contributed by atoms with E-state index in [2.05, 4.69) is 142 Å². The minimum atomic E-state index is -0.827. The molecule has 0 aromatic carbocycles. The van der Waals surface area contributed by atoms with E-state index in [0.717, 1.165) is 128 Å². The monoisotopic (exact) mass is 967 g/mol. The second-order valence-electron chi connectivity index (χ2n) is 18.1. The molecule has 0 spiro atoms. The van der Waals surface area contributed by atoms with Crippen molar-refractivity contribution < 1.29 is 28.6 Å². The van der Waals surface area contributed by atoms with Crippen LogP contribution < -0.4 is 0 Å². The van der Waals surface area contributed by atoms with E-state index in [1.165, 1.54) is 57.8 Å². The maximum Gasteiger partial charge on any atom is 0.306 e. The molecule has 0 bridgehead atoms. The van der Waals surface area contributed by atoms with Crippen molar-refractivity contribution in [3.05, 3.63) is 134 Å². The van der Waals surface area contributed by atoms with Crippen molar-refractivity contribution in [1.82, 2.24) is 0 Å². The van der Waals surface area contributed by atoms with E-state index in [1.807, 2.05) is 12.2 Å². The minimum Gasteiger partial charge on any atom is -0.462 e. The van der Waals surface area contributed by atoms with Gasteiger partial charge >= 0.3 is 17.9 Å². The van der Waals surface area contributed by atoms with Crippen LogP contribution in [0.2, 0.25) is 0 Å². The van der Waals surface area contributed by atoms with Gasteiger partial charge in [0.2, 0.25) is 0 Å². The molecule has 0 N–H and O–H groups in total. The maximum absolute atomic E-state index is 12.8. The zero-order valence-electron chi connectivity index (χ0n) is 45.0. The minimum absolute atomic E-state index is 0.121. The number of hydrogen-bond donors (Lipinski definition) is 0. The summed E-state index contributed by atoms with van der Waals surface area (Å²) in [5.41, 5.74) is 0. The van der Waals surface area contributed by atoms with Gasteiger partial charge in [-0.3, -0.25) is 14.4 Å². The fourth-order valence-electron chi connectivity index (χ4n) is 7.22. The van der Waals surface area contributed by atoms with Crippen molar-refractivity contribution in [2.75, 3.05) is 13.2 Å². The first-order valence-corrected chi connectivity index (χ1v) is 28.2. The molecular formula is C64H102O6. The van der Waals surface area contributed by atoms with Crippen molar-refractivity contribution in [1.29, 1.82) is 0 Å². The number of carbonyl (C=O) groups is 3. The number of unbranched alkanes of at least 4 members (excludes halogenated alkanes) is 16. The predicted molar refractivity (Wildman–Crippen MR) is 302 cm³/mol. The molecule has 1 unspecified atom stereocenters. The number of ether oxygens (including phenoxy) is 3. The summed E-state index contributed by atoms with van der Waals surface area (Å²) in [5.74, 6) is -1.04. The highest BCUT2D eigenvalue weighted by Gasteiger charge is 2.19. The summed E-state index contributed by atoms with van der Waals surface area (Å²) in [6.45, 7) is 6.30. The molecule has 0 amide bonds.